The van der Waals surface area contributed by atoms with Crippen LogP contribution in [0, 0.1) is 5.39 Å². The first-order valence-corrected chi connectivity index (χ1v) is 4.16. The Labute approximate surface area is 80.6 Å². The standard InChI is InChI=1S/C9H8N5/c10-13-9-3-1-8(2-4-9)7-14-11-5-6-12-14/h1-6H,7H2/q+1. The molecule has 1 aromatic heterocycles. The summed E-state index contributed by atoms with van der Waals surface area (Å²) in [5, 5.41) is 16.5. The molecule has 0 aliphatic rings. The maximum absolute atomic E-state index is 8.48. The summed E-state index contributed by atoms with van der Waals surface area (Å²) in [6.45, 7) is 0.624. The quantitative estimate of drug-likeness (QED) is 0.672. The normalized spacial score (nSPS) is 9.64. The van der Waals surface area contributed by atoms with Gasteiger partial charge in [0.15, 0.2) is 4.98 Å². The number of aromatic nitrogens is 3. The van der Waals surface area contributed by atoms with Crippen LogP contribution in [0.3, 0.4) is 0 Å². The average Bonchev–Trinajstić information content (AvgIpc) is 2.72. The first-order valence-electron chi connectivity index (χ1n) is 4.16. The highest BCUT2D eigenvalue weighted by molar-refractivity contribution is 5.44. The van der Waals surface area contributed by atoms with E-state index >= 15 is 0 Å². The van der Waals surface area contributed by atoms with Gasteiger partial charge in [-0.3, -0.25) is 0 Å². The summed E-state index contributed by atoms with van der Waals surface area (Å²) < 4.78 is 0. The van der Waals surface area contributed by atoms with E-state index in [1.54, 1.807) is 29.3 Å². The Morgan fingerprint density at radius 3 is 2.36 bits per heavy atom. The van der Waals surface area contributed by atoms with Gasteiger partial charge < -0.3 is 0 Å². The lowest BCUT2D eigenvalue weighted by Gasteiger charge is -1.97. The first-order chi connectivity index (χ1) is 6.88. The van der Waals surface area contributed by atoms with E-state index in [1.807, 2.05) is 12.1 Å². The van der Waals surface area contributed by atoms with E-state index in [0.29, 0.717) is 12.2 Å². The Hall–Kier alpha value is -2.22. The third-order valence-electron chi connectivity index (χ3n) is 1.84. The van der Waals surface area contributed by atoms with Crippen molar-refractivity contribution < 1.29 is 0 Å². The zero-order chi connectivity index (χ0) is 9.80. The fourth-order valence-corrected chi connectivity index (χ4v) is 1.16. The van der Waals surface area contributed by atoms with E-state index in [4.69, 9.17) is 5.39 Å². The Bertz CT molecular complexity index is 437. The van der Waals surface area contributed by atoms with Crippen molar-refractivity contribution in [1.82, 2.24) is 15.0 Å². The van der Waals surface area contributed by atoms with Gasteiger partial charge in [-0.15, -0.1) is 0 Å². The molecule has 0 saturated heterocycles. The average molecular weight is 186 g/mol. The molecule has 0 fully saturated rings. The molecule has 2 aromatic rings. The highest BCUT2D eigenvalue weighted by Gasteiger charge is 2.03. The fraction of sp³-hybridized carbons (Fsp3) is 0.111. The molecule has 0 amide bonds. The summed E-state index contributed by atoms with van der Waals surface area (Å²) in [5.74, 6) is 0. The molecule has 0 atom stereocenters. The maximum atomic E-state index is 8.48. The van der Waals surface area contributed by atoms with Gasteiger partial charge in [0.1, 0.15) is 0 Å². The van der Waals surface area contributed by atoms with Crippen LogP contribution in [0.25, 0.3) is 4.98 Å². The van der Waals surface area contributed by atoms with Crippen LogP contribution in [0.2, 0.25) is 0 Å². The lowest BCUT2D eigenvalue weighted by atomic mass is 10.2. The van der Waals surface area contributed by atoms with E-state index < -0.39 is 0 Å². The van der Waals surface area contributed by atoms with Gasteiger partial charge in [0, 0.05) is 12.1 Å². The summed E-state index contributed by atoms with van der Waals surface area (Å²) in [5.41, 5.74) is 1.61. The zero-order valence-electron chi connectivity index (χ0n) is 7.41. The van der Waals surface area contributed by atoms with Crippen LogP contribution < -0.4 is 0 Å². The molecule has 1 heterocycles. The van der Waals surface area contributed by atoms with Gasteiger partial charge in [-0.2, -0.15) is 15.0 Å². The summed E-state index contributed by atoms with van der Waals surface area (Å²) in [4.78, 5) is 4.66. The molecule has 0 aliphatic carbocycles. The predicted octanol–water partition coefficient (Wildman–Crippen LogP) is 1.81. The second-order valence-electron chi connectivity index (χ2n) is 2.83. The van der Waals surface area contributed by atoms with E-state index in [2.05, 4.69) is 15.2 Å². The molecule has 0 unspecified atom stereocenters. The van der Waals surface area contributed by atoms with Crippen molar-refractivity contribution in [2.75, 3.05) is 0 Å². The topological polar surface area (TPSA) is 58.9 Å². The molecule has 2 rings (SSSR count). The molecule has 5 heteroatoms. The number of nitrogens with zero attached hydrogens (tertiary/aromatic N) is 5. The Morgan fingerprint density at radius 2 is 1.79 bits per heavy atom. The zero-order valence-corrected chi connectivity index (χ0v) is 7.41. The smallest absolute Gasteiger partial charge is 0.180 e. The molecule has 1 aromatic carbocycles. The molecule has 0 aliphatic heterocycles. The molecule has 68 valence electrons. The van der Waals surface area contributed by atoms with Gasteiger partial charge in [-0.05, 0) is 17.7 Å². The minimum absolute atomic E-state index is 0.544. The van der Waals surface area contributed by atoms with Gasteiger partial charge >= 0.3 is 5.69 Å². The van der Waals surface area contributed by atoms with Crippen LogP contribution >= 0.6 is 0 Å². The van der Waals surface area contributed by atoms with E-state index in [0.717, 1.165) is 5.56 Å². The van der Waals surface area contributed by atoms with Crippen molar-refractivity contribution in [2.45, 2.75) is 6.54 Å². The molecule has 5 nitrogen and oxygen atoms in total. The molecule has 0 spiro atoms. The van der Waals surface area contributed by atoms with E-state index in [1.165, 1.54) is 0 Å². The van der Waals surface area contributed by atoms with Gasteiger partial charge in [0.25, 0.3) is 0 Å². The molecule has 0 N–H and O–H groups in total. The van der Waals surface area contributed by atoms with Crippen molar-refractivity contribution in [3.05, 3.63) is 47.2 Å². The van der Waals surface area contributed by atoms with Crippen molar-refractivity contribution in [3.8, 4) is 0 Å². The van der Waals surface area contributed by atoms with Crippen molar-refractivity contribution in [1.29, 1.82) is 5.39 Å². The molecular formula is C9H8N5+. The Kier molecular flexibility index (Phi) is 2.19. The second kappa shape index (κ2) is 3.66. The number of benzene rings is 1. The SMILES string of the molecule is N#[N+]c1ccc(Cn2nccn2)cc1. The van der Waals surface area contributed by atoms with Crippen LogP contribution in [-0.4, -0.2) is 15.0 Å². The van der Waals surface area contributed by atoms with Gasteiger partial charge in [0.2, 0.25) is 5.39 Å². The van der Waals surface area contributed by atoms with Crippen molar-refractivity contribution in [2.24, 2.45) is 0 Å². The highest BCUT2D eigenvalue weighted by atomic mass is 15.5. The van der Waals surface area contributed by atoms with Gasteiger partial charge in [-0.25, -0.2) is 0 Å². The van der Waals surface area contributed by atoms with E-state index in [9.17, 15) is 0 Å². The maximum Gasteiger partial charge on any atom is 0.385 e. The van der Waals surface area contributed by atoms with Gasteiger partial charge in [0.05, 0.1) is 18.9 Å². The summed E-state index contributed by atoms with van der Waals surface area (Å²) in [7, 11) is 0. The first kappa shape index (κ1) is 8.38. The van der Waals surface area contributed by atoms with Crippen LogP contribution in [0.1, 0.15) is 5.56 Å². The minimum Gasteiger partial charge on any atom is -0.180 e. The molecule has 14 heavy (non-hydrogen) atoms. The number of hydrogen-bond donors (Lipinski definition) is 0. The largest absolute Gasteiger partial charge is 0.385 e. The van der Waals surface area contributed by atoms with Crippen molar-refractivity contribution in [3.63, 3.8) is 0 Å². The third kappa shape index (κ3) is 1.75. The summed E-state index contributed by atoms with van der Waals surface area (Å²) in [6, 6.07) is 7.22. The monoisotopic (exact) mass is 186 g/mol. The minimum atomic E-state index is 0.544. The number of rotatable bonds is 2. The third-order valence-corrected chi connectivity index (χ3v) is 1.84. The molecule has 0 saturated carbocycles. The Balaban J connectivity index is 2.15. The van der Waals surface area contributed by atoms with Crippen LogP contribution in [0.4, 0.5) is 5.69 Å². The number of diazo groups is 1. The summed E-state index contributed by atoms with van der Waals surface area (Å²) in [6.07, 6.45) is 3.27. The molecular weight excluding hydrogens is 178 g/mol. The second-order valence-corrected chi connectivity index (χ2v) is 2.83. The Morgan fingerprint density at radius 1 is 1.14 bits per heavy atom. The molecule has 0 bridgehead atoms. The van der Waals surface area contributed by atoms with Gasteiger partial charge in [-0.1, -0.05) is 0 Å². The fourth-order valence-electron chi connectivity index (χ4n) is 1.16. The predicted molar refractivity (Wildman–Crippen MR) is 50.3 cm³/mol. The summed E-state index contributed by atoms with van der Waals surface area (Å²) >= 11 is 0. The van der Waals surface area contributed by atoms with Crippen LogP contribution in [-0.2, 0) is 6.54 Å². The van der Waals surface area contributed by atoms with Crippen LogP contribution in [0.5, 0.6) is 0 Å². The van der Waals surface area contributed by atoms with Crippen LogP contribution in [0.15, 0.2) is 36.7 Å². The van der Waals surface area contributed by atoms with E-state index in [-0.39, 0.29) is 0 Å². The van der Waals surface area contributed by atoms with Crippen molar-refractivity contribution >= 4 is 5.69 Å². The lowest BCUT2D eigenvalue weighted by Crippen LogP contribution is -2.02. The highest BCUT2D eigenvalue weighted by Crippen LogP contribution is 2.12. The lowest BCUT2D eigenvalue weighted by molar-refractivity contribution is 0.591. The molecule has 0 radical (unpaired) electrons. The number of hydrogen-bond acceptors (Lipinski definition) is 3.